The van der Waals surface area contributed by atoms with Crippen LogP contribution in [0, 0.1) is 18.6 Å². The SMILES string of the molecule is Cc1ccc(F)c(NCc2cccc(C(F)F)c2)c1F. The van der Waals surface area contributed by atoms with E-state index in [9.17, 15) is 17.6 Å². The first kappa shape index (κ1) is 14.4. The number of rotatable bonds is 4. The van der Waals surface area contributed by atoms with Crippen molar-refractivity contribution in [3.8, 4) is 0 Å². The highest BCUT2D eigenvalue weighted by molar-refractivity contribution is 5.49. The van der Waals surface area contributed by atoms with Crippen molar-refractivity contribution in [3.05, 3.63) is 64.7 Å². The van der Waals surface area contributed by atoms with Crippen LogP contribution in [0.3, 0.4) is 0 Å². The molecule has 0 saturated carbocycles. The molecular weight excluding hydrogens is 270 g/mol. The Morgan fingerprint density at radius 1 is 1.10 bits per heavy atom. The zero-order chi connectivity index (χ0) is 14.7. The summed E-state index contributed by atoms with van der Waals surface area (Å²) in [6.07, 6.45) is -2.57. The lowest BCUT2D eigenvalue weighted by Crippen LogP contribution is -2.05. The van der Waals surface area contributed by atoms with Gasteiger partial charge in [0.15, 0.2) is 5.82 Å². The molecule has 20 heavy (non-hydrogen) atoms. The van der Waals surface area contributed by atoms with Crippen molar-refractivity contribution in [2.45, 2.75) is 19.9 Å². The fourth-order valence-corrected chi connectivity index (χ4v) is 1.85. The second-order valence-electron chi connectivity index (χ2n) is 4.45. The lowest BCUT2D eigenvalue weighted by atomic mass is 10.1. The normalized spacial score (nSPS) is 10.9. The van der Waals surface area contributed by atoms with Gasteiger partial charge in [0.25, 0.3) is 6.43 Å². The average Bonchev–Trinajstić information content (AvgIpc) is 2.43. The van der Waals surface area contributed by atoms with E-state index in [0.717, 1.165) is 6.07 Å². The van der Waals surface area contributed by atoms with E-state index in [-0.39, 0.29) is 17.8 Å². The third kappa shape index (κ3) is 3.10. The quantitative estimate of drug-likeness (QED) is 0.793. The van der Waals surface area contributed by atoms with Gasteiger partial charge in [-0.3, -0.25) is 0 Å². The Labute approximate surface area is 114 Å². The van der Waals surface area contributed by atoms with Crippen molar-refractivity contribution in [1.82, 2.24) is 0 Å². The number of halogens is 4. The van der Waals surface area contributed by atoms with Crippen molar-refractivity contribution in [1.29, 1.82) is 0 Å². The molecule has 1 nitrogen and oxygen atoms in total. The summed E-state index contributed by atoms with van der Waals surface area (Å²) >= 11 is 0. The number of hydrogen-bond acceptors (Lipinski definition) is 1. The lowest BCUT2D eigenvalue weighted by Gasteiger charge is -2.11. The maximum atomic E-state index is 13.8. The topological polar surface area (TPSA) is 12.0 Å². The van der Waals surface area contributed by atoms with Crippen molar-refractivity contribution in [3.63, 3.8) is 0 Å². The molecule has 0 fully saturated rings. The predicted molar refractivity (Wildman–Crippen MR) is 69.8 cm³/mol. The minimum atomic E-state index is -2.57. The van der Waals surface area contributed by atoms with E-state index in [1.165, 1.54) is 31.2 Å². The van der Waals surface area contributed by atoms with Crippen molar-refractivity contribution >= 4 is 5.69 Å². The smallest absolute Gasteiger partial charge is 0.263 e. The van der Waals surface area contributed by atoms with Gasteiger partial charge in [0.2, 0.25) is 0 Å². The highest BCUT2D eigenvalue weighted by Gasteiger charge is 2.12. The Balaban J connectivity index is 2.17. The number of anilines is 1. The predicted octanol–water partition coefficient (Wildman–Crippen LogP) is 4.82. The van der Waals surface area contributed by atoms with Crippen LogP contribution in [-0.2, 0) is 6.54 Å². The van der Waals surface area contributed by atoms with Crippen LogP contribution in [0.5, 0.6) is 0 Å². The third-order valence-corrected chi connectivity index (χ3v) is 2.96. The molecule has 0 aliphatic heterocycles. The van der Waals surface area contributed by atoms with E-state index < -0.39 is 18.1 Å². The molecule has 2 rings (SSSR count). The first-order chi connectivity index (χ1) is 9.49. The molecule has 0 spiro atoms. The van der Waals surface area contributed by atoms with Crippen LogP contribution in [0.4, 0.5) is 23.2 Å². The van der Waals surface area contributed by atoms with E-state index in [1.54, 1.807) is 6.07 Å². The van der Waals surface area contributed by atoms with Gasteiger partial charge < -0.3 is 5.32 Å². The molecule has 0 aromatic heterocycles. The Morgan fingerprint density at radius 2 is 1.85 bits per heavy atom. The van der Waals surface area contributed by atoms with Gasteiger partial charge in [-0.15, -0.1) is 0 Å². The Hall–Kier alpha value is -2.04. The molecule has 0 amide bonds. The zero-order valence-electron chi connectivity index (χ0n) is 10.8. The van der Waals surface area contributed by atoms with E-state index in [4.69, 9.17) is 0 Å². The Bertz CT molecular complexity index is 611. The Kier molecular flexibility index (Phi) is 4.27. The minimum Gasteiger partial charge on any atom is -0.376 e. The molecule has 0 aliphatic rings. The van der Waals surface area contributed by atoms with Gasteiger partial charge in [0.1, 0.15) is 11.5 Å². The number of nitrogens with one attached hydrogen (secondary N) is 1. The van der Waals surface area contributed by atoms with Crippen LogP contribution in [-0.4, -0.2) is 0 Å². The van der Waals surface area contributed by atoms with E-state index in [1.807, 2.05) is 0 Å². The molecule has 0 unspecified atom stereocenters. The zero-order valence-corrected chi connectivity index (χ0v) is 10.8. The van der Waals surface area contributed by atoms with Gasteiger partial charge in [-0.05, 0) is 30.2 Å². The molecule has 1 N–H and O–H groups in total. The molecule has 2 aromatic carbocycles. The molecule has 0 saturated heterocycles. The molecule has 0 atom stereocenters. The van der Waals surface area contributed by atoms with Gasteiger partial charge in [-0.2, -0.15) is 0 Å². The maximum Gasteiger partial charge on any atom is 0.263 e. The van der Waals surface area contributed by atoms with Crippen molar-refractivity contribution in [2.24, 2.45) is 0 Å². The molecule has 0 aliphatic carbocycles. The van der Waals surface area contributed by atoms with Crippen LogP contribution in [0.1, 0.15) is 23.1 Å². The van der Waals surface area contributed by atoms with E-state index in [0.29, 0.717) is 11.1 Å². The summed E-state index contributed by atoms with van der Waals surface area (Å²) in [5.74, 6) is -1.38. The largest absolute Gasteiger partial charge is 0.376 e. The summed E-state index contributed by atoms with van der Waals surface area (Å²) in [5.41, 5.74) is 0.486. The second kappa shape index (κ2) is 5.94. The second-order valence-corrected chi connectivity index (χ2v) is 4.45. The molecule has 2 aromatic rings. The molecule has 106 valence electrons. The highest BCUT2D eigenvalue weighted by atomic mass is 19.3. The first-order valence-electron chi connectivity index (χ1n) is 6.04. The average molecular weight is 283 g/mol. The highest BCUT2D eigenvalue weighted by Crippen LogP contribution is 2.23. The molecule has 5 heteroatoms. The third-order valence-electron chi connectivity index (χ3n) is 2.96. The van der Waals surface area contributed by atoms with E-state index >= 15 is 0 Å². The Morgan fingerprint density at radius 3 is 2.55 bits per heavy atom. The standard InChI is InChI=1S/C15H13F4N/c1-9-5-6-12(16)14(13(9)17)20-8-10-3-2-4-11(7-10)15(18)19/h2-7,15,20H,8H2,1H3. The van der Waals surface area contributed by atoms with E-state index in [2.05, 4.69) is 5.32 Å². The van der Waals surface area contributed by atoms with Crippen LogP contribution in [0.25, 0.3) is 0 Å². The van der Waals surface area contributed by atoms with Crippen molar-refractivity contribution < 1.29 is 17.6 Å². The summed E-state index contributed by atoms with van der Waals surface area (Å²) in [6, 6.07) is 8.22. The summed E-state index contributed by atoms with van der Waals surface area (Å²) < 4.78 is 52.4. The first-order valence-corrected chi connectivity index (χ1v) is 6.04. The summed E-state index contributed by atoms with van der Waals surface area (Å²) in [4.78, 5) is 0. The fraction of sp³-hybridized carbons (Fsp3) is 0.200. The maximum absolute atomic E-state index is 13.8. The molecule has 0 radical (unpaired) electrons. The van der Waals surface area contributed by atoms with Gasteiger partial charge in [-0.25, -0.2) is 17.6 Å². The molecule has 0 bridgehead atoms. The summed E-state index contributed by atoms with van der Waals surface area (Å²) in [7, 11) is 0. The van der Waals surface area contributed by atoms with Gasteiger partial charge in [-0.1, -0.05) is 24.3 Å². The number of alkyl halides is 2. The van der Waals surface area contributed by atoms with Crippen LogP contribution >= 0.6 is 0 Å². The van der Waals surface area contributed by atoms with Gasteiger partial charge in [0, 0.05) is 12.1 Å². The minimum absolute atomic E-state index is 0.0673. The van der Waals surface area contributed by atoms with Crippen molar-refractivity contribution in [2.75, 3.05) is 5.32 Å². The number of aryl methyl sites for hydroxylation is 1. The molecule has 0 heterocycles. The number of benzene rings is 2. The van der Waals surface area contributed by atoms with Crippen LogP contribution < -0.4 is 5.32 Å². The van der Waals surface area contributed by atoms with Crippen LogP contribution in [0.15, 0.2) is 36.4 Å². The lowest BCUT2D eigenvalue weighted by molar-refractivity contribution is 0.151. The van der Waals surface area contributed by atoms with Crippen LogP contribution in [0.2, 0.25) is 0 Å². The monoisotopic (exact) mass is 283 g/mol. The van der Waals surface area contributed by atoms with Gasteiger partial charge in [0.05, 0.1) is 0 Å². The van der Waals surface area contributed by atoms with Gasteiger partial charge >= 0.3 is 0 Å². The fourth-order valence-electron chi connectivity index (χ4n) is 1.85. The molecular formula is C15H13F4N. The summed E-state index contributed by atoms with van der Waals surface area (Å²) in [6.45, 7) is 1.59. The number of hydrogen-bond donors (Lipinski definition) is 1. The summed E-state index contributed by atoms with van der Waals surface area (Å²) in [5, 5.41) is 2.61.